The van der Waals surface area contributed by atoms with Crippen molar-refractivity contribution >= 4 is 11.8 Å². The van der Waals surface area contributed by atoms with Gasteiger partial charge in [-0.05, 0) is 67.5 Å². The number of thioether (sulfide) groups is 1. The van der Waals surface area contributed by atoms with Gasteiger partial charge in [-0.3, -0.25) is 4.90 Å². The zero-order valence-electron chi connectivity index (χ0n) is 14.8. The summed E-state index contributed by atoms with van der Waals surface area (Å²) in [4.78, 5) is 3.79. The normalized spacial score (nSPS) is 22.2. The highest BCUT2D eigenvalue weighted by atomic mass is 32.2. The molecule has 1 aliphatic carbocycles. The fourth-order valence-corrected chi connectivity index (χ4v) is 5.50. The number of phenolic OH excluding ortho intramolecular Hbond substituents is 2. The van der Waals surface area contributed by atoms with Crippen molar-refractivity contribution in [2.24, 2.45) is 0 Å². The molecule has 0 radical (unpaired) electrons. The first-order valence-electron chi connectivity index (χ1n) is 8.95. The molecule has 2 aromatic carbocycles. The molecule has 1 aliphatic heterocycles. The topological polar surface area (TPSA) is 43.7 Å². The van der Waals surface area contributed by atoms with Gasteiger partial charge >= 0.3 is 0 Å². The Kier molecular flexibility index (Phi) is 4.20. The van der Waals surface area contributed by atoms with E-state index in [-0.39, 0.29) is 23.0 Å². The molecule has 1 saturated carbocycles. The van der Waals surface area contributed by atoms with Crippen LogP contribution in [-0.4, -0.2) is 35.0 Å². The van der Waals surface area contributed by atoms with Crippen LogP contribution in [0.4, 0.5) is 0 Å². The number of benzene rings is 2. The molecule has 0 bridgehead atoms. The number of nitrogens with zero attached hydrogens (tertiary/aromatic N) is 1. The van der Waals surface area contributed by atoms with Gasteiger partial charge in [0.1, 0.15) is 0 Å². The maximum Gasteiger partial charge on any atom is 0.157 e. The summed E-state index contributed by atoms with van der Waals surface area (Å²) in [6.45, 7) is 0.977. The highest BCUT2D eigenvalue weighted by Crippen LogP contribution is 2.57. The molecule has 4 heteroatoms. The summed E-state index contributed by atoms with van der Waals surface area (Å²) in [6, 6.07) is 12.6. The average molecular weight is 356 g/mol. The lowest BCUT2D eigenvalue weighted by atomic mass is 9.57. The van der Waals surface area contributed by atoms with E-state index in [0.29, 0.717) is 0 Å². The van der Waals surface area contributed by atoms with Crippen LogP contribution in [-0.2, 0) is 11.8 Å². The van der Waals surface area contributed by atoms with Crippen LogP contribution >= 0.6 is 11.8 Å². The molecule has 1 atom stereocenters. The fourth-order valence-electron chi connectivity index (χ4n) is 4.79. The van der Waals surface area contributed by atoms with Crippen LogP contribution in [0.1, 0.15) is 42.0 Å². The Morgan fingerprint density at radius 2 is 1.84 bits per heavy atom. The Bertz CT molecular complexity index is 800. The predicted octanol–water partition coefficient (Wildman–Crippen LogP) is 4.47. The second kappa shape index (κ2) is 6.26. The Morgan fingerprint density at radius 3 is 2.52 bits per heavy atom. The molecule has 3 nitrogen and oxygen atoms in total. The van der Waals surface area contributed by atoms with Gasteiger partial charge in [0, 0.05) is 22.9 Å². The molecule has 1 heterocycles. The van der Waals surface area contributed by atoms with Crippen LogP contribution < -0.4 is 0 Å². The summed E-state index contributed by atoms with van der Waals surface area (Å²) in [6.07, 6.45) is 6.64. The third-order valence-electron chi connectivity index (χ3n) is 6.12. The lowest BCUT2D eigenvalue weighted by molar-refractivity contribution is 0.0695. The summed E-state index contributed by atoms with van der Waals surface area (Å²) in [7, 11) is 2.19. The maximum absolute atomic E-state index is 10.1. The van der Waals surface area contributed by atoms with E-state index in [1.807, 2.05) is 11.8 Å². The van der Waals surface area contributed by atoms with Gasteiger partial charge in [0.05, 0.1) is 0 Å². The average Bonchev–Trinajstić information content (AvgIpc) is 2.58. The molecule has 2 aromatic rings. The van der Waals surface area contributed by atoms with Gasteiger partial charge in [0.2, 0.25) is 0 Å². The molecule has 1 unspecified atom stereocenters. The van der Waals surface area contributed by atoms with E-state index in [1.165, 1.54) is 40.8 Å². The molecule has 0 saturated heterocycles. The van der Waals surface area contributed by atoms with Gasteiger partial charge in [0.15, 0.2) is 11.5 Å². The Balaban J connectivity index is 1.89. The first-order chi connectivity index (χ1) is 12.1. The van der Waals surface area contributed by atoms with Crippen molar-refractivity contribution in [3.8, 4) is 11.5 Å². The largest absolute Gasteiger partial charge is 0.504 e. The first kappa shape index (κ1) is 16.8. The number of likely N-dealkylation sites (N-methyl/N-ethyl adjacent to an activating group) is 1. The summed E-state index contributed by atoms with van der Waals surface area (Å²) < 4.78 is 0. The number of rotatable bonds is 3. The third kappa shape index (κ3) is 2.54. The molecule has 25 heavy (non-hydrogen) atoms. The standard InChI is InChI=1S/C21H25NO2S/c1-22-11-8-14-12-17(23)18(24)13-15(14)20(22)21(9-5-10-21)16-6-3-4-7-19(16)25-2/h3-4,6-7,12-13,20,23-24H,5,8-11H2,1-2H3. The van der Waals surface area contributed by atoms with E-state index in [0.717, 1.165) is 13.0 Å². The van der Waals surface area contributed by atoms with Crippen LogP contribution in [0, 0.1) is 0 Å². The molecule has 2 N–H and O–H groups in total. The molecule has 0 spiro atoms. The van der Waals surface area contributed by atoms with E-state index in [2.05, 4.69) is 42.5 Å². The van der Waals surface area contributed by atoms with E-state index >= 15 is 0 Å². The van der Waals surface area contributed by atoms with Crippen molar-refractivity contribution in [2.75, 3.05) is 19.8 Å². The van der Waals surface area contributed by atoms with Crippen LogP contribution in [0.3, 0.4) is 0 Å². The van der Waals surface area contributed by atoms with E-state index < -0.39 is 0 Å². The van der Waals surface area contributed by atoms with Gasteiger partial charge in [-0.25, -0.2) is 0 Å². The molecular weight excluding hydrogens is 330 g/mol. The minimum absolute atomic E-state index is 0.00535. The Labute approximate surface area is 153 Å². The van der Waals surface area contributed by atoms with Crippen molar-refractivity contribution < 1.29 is 10.2 Å². The summed E-state index contributed by atoms with van der Waals surface area (Å²) in [5, 5.41) is 20.1. The summed E-state index contributed by atoms with van der Waals surface area (Å²) in [5.41, 5.74) is 3.88. The summed E-state index contributed by atoms with van der Waals surface area (Å²) >= 11 is 1.82. The first-order valence-corrected chi connectivity index (χ1v) is 10.2. The quantitative estimate of drug-likeness (QED) is 0.630. The minimum atomic E-state index is -0.00771. The van der Waals surface area contributed by atoms with Crippen molar-refractivity contribution in [3.63, 3.8) is 0 Å². The van der Waals surface area contributed by atoms with Crippen LogP contribution in [0.5, 0.6) is 11.5 Å². The van der Waals surface area contributed by atoms with Crippen LogP contribution in [0.15, 0.2) is 41.3 Å². The van der Waals surface area contributed by atoms with Crippen LogP contribution in [0.2, 0.25) is 0 Å². The lowest BCUT2D eigenvalue weighted by Crippen LogP contribution is -2.50. The van der Waals surface area contributed by atoms with Gasteiger partial charge in [-0.1, -0.05) is 24.6 Å². The Hall–Kier alpha value is -1.65. The van der Waals surface area contributed by atoms with Gasteiger partial charge in [-0.15, -0.1) is 11.8 Å². The zero-order valence-corrected chi connectivity index (χ0v) is 15.6. The highest BCUT2D eigenvalue weighted by Gasteiger charge is 2.50. The van der Waals surface area contributed by atoms with Crippen molar-refractivity contribution in [1.29, 1.82) is 0 Å². The maximum atomic E-state index is 10.1. The smallest absolute Gasteiger partial charge is 0.157 e. The van der Waals surface area contributed by atoms with Crippen molar-refractivity contribution in [1.82, 2.24) is 4.90 Å². The fraction of sp³-hybridized carbons (Fsp3) is 0.429. The van der Waals surface area contributed by atoms with Gasteiger partial charge in [0.25, 0.3) is 0 Å². The molecular formula is C21H25NO2S. The Morgan fingerprint density at radius 1 is 1.12 bits per heavy atom. The molecule has 0 amide bonds. The van der Waals surface area contributed by atoms with Gasteiger partial charge < -0.3 is 10.2 Å². The molecule has 2 aliphatic rings. The number of hydrogen-bond acceptors (Lipinski definition) is 4. The third-order valence-corrected chi connectivity index (χ3v) is 6.91. The van der Waals surface area contributed by atoms with E-state index in [1.54, 1.807) is 12.1 Å². The zero-order chi connectivity index (χ0) is 17.6. The van der Waals surface area contributed by atoms with E-state index in [4.69, 9.17) is 0 Å². The molecule has 4 rings (SSSR count). The highest BCUT2D eigenvalue weighted by molar-refractivity contribution is 7.98. The second-order valence-electron chi connectivity index (χ2n) is 7.38. The molecule has 132 valence electrons. The van der Waals surface area contributed by atoms with Crippen molar-refractivity contribution in [3.05, 3.63) is 53.1 Å². The number of phenols is 2. The number of hydrogen-bond donors (Lipinski definition) is 2. The second-order valence-corrected chi connectivity index (χ2v) is 8.23. The number of fused-ring (bicyclic) bond motifs is 1. The minimum Gasteiger partial charge on any atom is -0.504 e. The monoisotopic (exact) mass is 355 g/mol. The predicted molar refractivity (Wildman–Crippen MR) is 103 cm³/mol. The molecule has 0 aromatic heterocycles. The number of aromatic hydroxyl groups is 2. The summed E-state index contributed by atoms with van der Waals surface area (Å²) in [5.74, 6) is -0.0131. The lowest BCUT2D eigenvalue weighted by Gasteiger charge is -2.54. The van der Waals surface area contributed by atoms with Gasteiger partial charge in [-0.2, -0.15) is 0 Å². The molecule has 1 fully saturated rings. The van der Waals surface area contributed by atoms with Crippen molar-refractivity contribution in [2.45, 2.75) is 42.0 Å². The van der Waals surface area contributed by atoms with Crippen LogP contribution in [0.25, 0.3) is 0 Å². The SMILES string of the molecule is CSc1ccccc1C1(C2c3cc(O)c(O)cc3CCN2C)CCC1. The van der Waals surface area contributed by atoms with E-state index in [9.17, 15) is 10.2 Å².